The first-order valence-corrected chi connectivity index (χ1v) is 11.0. The zero-order chi connectivity index (χ0) is 25.8. The van der Waals surface area contributed by atoms with Crippen molar-refractivity contribution in [3.05, 3.63) is 65.7 Å². The van der Waals surface area contributed by atoms with Crippen molar-refractivity contribution in [1.82, 2.24) is 10.6 Å². The number of benzene rings is 2. The molecule has 8 heteroatoms. The Labute approximate surface area is 202 Å². The Morgan fingerprint density at radius 2 is 1.50 bits per heavy atom. The summed E-state index contributed by atoms with van der Waals surface area (Å²) in [7, 11) is 1.67. The van der Waals surface area contributed by atoms with E-state index in [-0.39, 0.29) is 18.9 Å². The molecule has 4 N–H and O–H groups in total. The van der Waals surface area contributed by atoms with Crippen LogP contribution in [0, 0.1) is 13.8 Å². The number of rotatable bonds is 7. The number of amides is 2. The van der Waals surface area contributed by atoms with E-state index in [1.54, 1.807) is 14.0 Å². The molecule has 2 amide bonds. The molecule has 0 spiro atoms. The second-order valence-corrected chi connectivity index (χ2v) is 8.80. The van der Waals surface area contributed by atoms with E-state index in [1.807, 2.05) is 42.5 Å². The second kappa shape index (κ2) is 13.5. The molecule has 1 saturated heterocycles. The maximum atomic E-state index is 11.5. The SMILES string of the molecule is CC(C)(N)C(=O)NCC(=O)NCC(=O)[C@@]1(C)CO1.COc1ccc(C)cc1.Cc1ccccc1. The van der Waals surface area contributed by atoms with E-state index < -0.39 is 23.0 Å². The monoisotopic (exact) mass is 471 g/mol. The van der Waals surface area contributed by atoms with Crippen molar-refractivity contribution in [3.63, 3.8) is 0 Å². The molecule has 0 aliphatic carbocycles. The number of nitrogens with one attached hydrogen (secondary N) is 2. The van der Waals surface area contributed by atoms with Crippen molar-refractivity contribution in [3.8, 4) is 5.75 Å². The first-order valence-electron chi connectivity index (χ1n) is 11.0. The number of nitrogens with two attached hydrogens (primary N) is 1. The van der Waals surface area contributed by atoms with Crippen LogP contribution in [0.3, 0.4) is 0 Å². The summed E-state index contributed by atoms with van der Waals surface area (Å²) in [6.07, 6.45) is 0. The van der Waals surface area contributed by atoms with E-state index in [4.69, 9.17) is 15.2 Å². The summed E-state index contributed by atoms with van der Waals surface area (Å²) in [5, 5.41) is 4.79. The molecule has 0 unspecified atom stereocenters. The lowest BCUT2D eigenvalue weighted by Gasteiger charge is -2.17. The number of methoxy groups -OCH3 is 1. The minimum atomic E-state index is -1.04. The average molecular weight is 472 g/mol. The Kier molecular flexibility index (Phi) is 11.4. The van der Waals surface area contributed by atoms with Crippen LogP contribution in [0.25, 0.3) is 0 Å². The first kappa shape index (κ1) is 28.8. The molecular weight excluding hydrogens is 434 g/mol. The molecule has 2 aromatic carbocycles. The lowest BCUT2D eigenvalue weighted by molar-refractivity contribution is -0.129. The number of hydrogen-bond donors (Lipinski definition) is 3. The summed E-state index contributed by atoms with van der Waals surface area (Å²) < 4.78 is 9.92. The van der Waals surface area contributed by atoms with Crippen LogP contribution in [0.2, 0.25) is 0 Å². The van der Waals surface area contributed by atoms with Crippen LogP contribution in [0.1, 0.15) is 31.9 Å². The van der Waals surface area contributed by atoms with Gasteiger partial charge in [-0.25, -0.2) is 0 Å². The Balaban J connectivity index is 0.000000297. The van der Waals surface area contributed by atoms with Crippen LogP contribution in [-0.4, -0.2) is 55.5 Å². The van der Waals surface area contributed by atoms with E-state index in [1.165, 1.54) is 25.0 Å². The summed E-state index contributed by atoms with van der Waals surface area (Å²) in [6.45, 7) is 8.96. The summed E-state index contributed by atoms with van der Waals surface area (Å²) in [5.41, 5.74) is 6.34. The third-order valence-electron chi connectivity index (χ3n) is 4.81. The number of ketones is 1. The van der Waals surface area contributed by atoms with Crippen LogP contribution in [0.15, 0.2) is 54.6 Å². The number of carbonyl (C=O) groups is 3. The van der Waals surface area contributed by atoms with E-state index in [9.17, 15) is 14.4 Å². The van der Waals surface area contributed by atoms with E-state index in [0.717, 1.165) is 5.75 Å². The van der Waals surface area contributed by atoms with Gasteiger partial charge in [0.2, 0.25) is 11.8 Å². The molecule has 1 aliphatic rings. The highest BCUT2D eigenvalue weighted by Gasteiger charge is 2.46. The largest absolute Gasteiger partial charge is 0.497 e. The molecule has 0 radical (unpaired) electrons. The summed E-state index contributed by atoms with van der Waals surface area (Å²) in [5.74, 6) is -0.131. The van der Waals surface area contributed by atoms with Crippen molar-refractivity contribution in [2.45, 2.75) is 45.8 Å². The predicted octanol–water partition coefficient (Wildman–Crippen LogP) is 2.31. The Morgan fingerprint density at radius 3 is 1.91 bits per heavy atom. The van der Waals surface area contributed by atoms with Crippen LogP contribution in [-0.2, 0) is 19.1 Å². The van der Waals surface area contributed by atoms with Crippen molar-refractivity contribution in [1.29, 1.82) is 0 Å². The third kappa shape index (κ3) is 11.6. The fourth-order valence-electron chi connectivity index (χ4n) is 2.29. The van der Waals surface area contributed by atoms with Crippen molar-refractivity contribution < 1.29 is 23.9 Å². The second-order valence-electron chi connectivity index (χ2n) is 8.80. The van der Waals surface area contributed by atoms with Crippen LogP contribution >= 0.6 is 0 Å². The molecule has 1 atom stereocenters. The zero-order valence-corrected chi connectivity index (χ0v) is 20.9. The quantitative estimate of drug-likeness (QED) is 0.533. The number of Topliss-reactive ketones (excluding diaryl/α,β-unsaturated/α-hetero) is 1. The molecule has 1 aliphatic heterocycles. The van der Waals surface area contributed by atoms with Gasteiger partial charge < -0.3 is 25.8 Å². The van der Waals surface area contributed by atoms with Gasteiger partial charge in [0, 0.05) is 0 Å². The van der Waals surface area contributed by atoms with Gasteiger partial charge in [0.1, 0.15) is 11.4 Å². The standard InChI is InChI=1S/C11H19N3O4.C8H10O.C7H8/c1-10(2,12)9(17)14-5-8(16)13-4-7(15)11(3)6-18-11;1-7-3-5-8(9-2)6-4-7;1-7-5-3-2-4-6-7/h4-6,12H2,1-3H3,(H,13,16)(H,14,17);3-6H,1-2H3;2-6H,1H3/t11-;;/m1../s1. The fourth-order valence-corrected chi connectivity index (χ4v) is 2.29. The van der Waals surface area contributed by atoms with Crippen LogP contribution < -0.4 is 21.1 Å². The van der Waals surface area contributed by atoms with E-state index >= 15 is 0 Å². The normalized spacial score (nSPS) is 16.0. The molecule has 186 valence electrons. The molecule has 0 bridgehead atoms. The van der Waals surface area contributed by atoms with Gasteiger partial charge in [-0.1, -0.05) is 53.6 Å². The lowest BCUT2D eigenvalue weighted by atomic mass is 10.1. The van der Waals surface area contributed by atoms with Gasteiger partial charge in [-0.3, -0.25) is 14.4 Å². The van der Waals surface area contributed by atoms with Crippen LogP contribution in [0.4, 0.5) is 0 Å². The Hall–Kier alpha value is -3.23. The Bertz CT molecular complexity index is 894. The average Bonchev–Trinajstić information content (AvgIpc) is 3.55. The minimum Gasteiger partial charge on any atom is -0.497 e. The first-order chi connectivity index (χ1) is 15.9. The molecule has 1 fully saturated rings. The van der Waals surface area contributed by atoms with E-state index in [0.29, 0.717) is 6.61 Å². The smallest absolute Gasteiger partial charge is 0.239 e. The fraction of sp³-hybridized carbons (Fsp3) is 0.423. The topological polar surface area (TPSA) is 123 Å². The highest BCUT2D eigenvalue weighted by molar-refractivity contribution is 5.95. The Morgan fingerprint density at radius 1 is 0.971 bits per heavy atom. The van der Waals surface area contributed by atoms with Gasteiger partial charge in [0.25, 0.3) is 0 Å². The van der Waals surface area contributed by atoms with Crippen molar-refractivity contribution in [2.75, 3.05) is 26.8 Å². The summed E-state index contributed by atoms with van der Waals surface area (Å²) >= 11 is 0. The molecule has 0 aromatic heterocycles. The molecule has 3 rings (SSSR count). The zero-order valence-electron chi connectivity index (χ0n) is 20.9. The highest BCUT2D eigenvalue weighted by atomic mass is 16.6. The number of hydrogen-bond acceptors (Lipinski definition) is 6. The molecule has 8 nitrogen and oxygen atoms in total. The van der Waals surface area contributed by atoms with Gasteiger partial charge in [-0.05, 0) is 46.8 Å². The number of ether oxygens (including phenoxy) is 2. The lowest BCUT2D eigenvalue weighted by Crippen LogP contribution is -2.51. The molecule has 1 heterocycles. The van der Waals surface area contributed by atoms with Gasteiger partial charge in [0.15, 0.2) is 5.78 Å². The van der Waals surface area contributed by atoms with Crippen molar-refractivity contribution >= 4 is 17.6 Å². The molecule has 2 aromatic rings. The van der Waals surface area contributed by atoms with Gasteiger partial charge in [0.05, 0.1) is 32.3 Å². The third-order valence-corrected chi connectivity index (χ3v) is 4.81. The molecular formula is C26H37N3O5. The van der Waals surface area contributed by atoms with Crippen LogP contribution in [0.5, 0.6) is 5.75 Å². The van der Waals surface area contributed by atoms with E-state index in [2.05, 4.69) is 36.6 Å². The molecule has 0 saturated carbocycles. The molecule has 34 heavy (non-hydrogen) atoms. The maximum absolute atomic E-state index is 11.5. The predicted molar refractivity (Wildman–Crippen MR) is 133 cm³/mol. The number of carbonyl (C=O) groups excluding carboxylic acids is 3. The minimum absolute atomic E-state index is 0.1000. The highest BCUT2D eigenvalue weighted by Crippen LogP contribution is 2.26. The summed E-state index contributed by atoms with van der Waals surface area (Å²) in [6, 6.07) is 18.2. The van der Waals surface area contributed by atoms with Gasteiger partial charge in [-0.15, -0.1) is 0 Å². The maximum Gasteiger partial charge on any atom is 0.239 e. The van der Waals surface area contributed by atoms with Gasteiger partial charge >= 0.3 is 0 Å². The number of aryl methyl sites for hydroxylation is 2. The summed E-state index contributed by atoms with van der Waals surface area (Å²) in [4.78, 5) is 34.2. The number of epoxide rings is 1. The van der Waals surface area contributed by atoms with Gasteiger partial charge in [-0.2, -0.15) is 0 Å². The van der Waals surface area contributed by atoms with Crippen molar-refractivity contribution in [2.24, 2.45) is 5.73 Å².